The van der Waals surface area contributed by atoms with E-state index in [0.29, 0.717) is 5.92 Å². The van der Waals surface area contributed by atoms with E-state index < -0.39 is 0 Å². The van der Waals surface area contributed by atoms with E-state index in [9.17, 15) is 4.79 Å². The zero-order chi connectivity index (χ0) is 12.3. The lowest BCUT2D eigenvalue weighted by atomic mass is 9.95. The highest BCUT2D eigenvalue weighted by atomic mass is 16.2. The predicted octanol–water partition coefficient (Wildman–Crippen LogP) is 1.24. The van der Waals surface area contributed by atoms with E-state index in [1.807, 2.05) is 11.9 Å². The molecule has 1 aliphatic heterocycles. The quantitative estimate of drug-likeness (QED) is 0.836. The van der Waals surface area contributed by atoms with Crippen LogP contribution < -0.4 is 5.32 Å². The molecular weight excluding hydrogens is 216 g/mol. The van der Waals surface area contributed by atoms with E-state index in [1.54, 1.807) is 19.3 Å². The number of anilines is 1. The summed E-state index contributed by atoms with van der Waals surface area (Å²) in [6.07, 6.45) is 5.62. The molecule has 5 nitrogen and oxygen atoms in total. The normalized spacial score (nSPS) is 20.1. The molecule has 1 aromatic heterocycles. The van der Waals surface area contributed by atoms with Crippen LogP contribution in [0.2, 0.25) is 0 Å². The molecule has 2 heterocycles. The third-order valence-electron chi connectivity index (χ3n) is 3.19. The molecule has 1 fully saturated rings. The van der Waals surface area contributed by atoms with Crippen LogP contribution in [-0.2, 0) is 4.79 Å². The third-order valence-corrected chi connectivity index (χ3v) is 3.19. The number of likely N-dealkylation sites (tertiary alicyclic amines) is 1. The van der Waals surface area contributed by atoms with Gasteiger partial charge in [-0.3, -0.25) is 9.78 Å². The summed E-state index contributed by atoms with van der Waals surface area (Å²) >= 11 is 0. The van der Waals surface area contributed by atoms with E-state index in [4.69, 9.17) is 0 Å². The Balaban J connectivity index is 2.13. The number of nitrogens with zero attached hydrogens (tertiary/aromatic N) is 3. The SMILES string of the molecule is CNc1cncc([C@H]2CCCN(C(C)=O)C2)n1. The second-order valence-electron chi connectivity index (χ2n) is 4.38. The number of amides is 1. The molecule has 5 heteroatoms. The van der Waals surface area contributed by atoms with E-state index in [1.165, 1.54) is 0 Å². The number of hydrogen-bond acceptors (Lipinski definition) is 4. The molecule has 0 unspecified atom stereocenters. The second-order valence-corrected chi connectivity index (χ2v) is 4.38. The number of nitrogens with one attached hydrogen (secondary N) is 1. The smallest absolute Gasteiger partial charge is 0.219 e. The first-order valence-corrected chi connectivity index (χ1v) is 5.96. The van der Waals surface area contributed by atoms with Crippen LogP contribution >= 0.6 is 0 Å². The predicted molar refractivity (Wildman–Crippen MR) is 65.8 cm³/mol. The molecule has 1 saturated heterocycles. The molecule has 0 spiro atoms. The Morgan fingerprint density at radius 1 is 1.53 bits per heavy atom. The van der Waals surface area contributed by atoms with E-state index >= 15 is 0 Å². The van der Waals surface area contributed by atoms with Gasteiger partial charge in [-0.2, -0.15) is 0 Å². The maximum absolute atomic E-state index is 11.4. The van der Waals surface area contributed by atoms with Crippen molar-refractivity contribution >= 4 is 11.7 Å². The maximum Gasteiger partial charge on any atom is 0.219 e. The fourth-order valence-corrected chi connectivity index (χ4v) is 2.20. The van der Waals surface area contributed by atoms with Gasteiger partial charge in [0.15, 0.2) is 0 Å². The summed E-state index contributed by atoms with van der Waals surface area (Å²) in [4.78, 5) is 21.9. The lowest BCUT2D eigenvalue weighted by Crippen LogP contribution is -2.37. The summed E-state index contributed by atoms with van der Waals surface area (Å²) in [5, 5.41) is 2.99. The molecule has 0 saturated carbocycles. The Kier molecular flexibility index (Phi) is 3.56. The van der Waals surface area contributed by atoms with Crippen molar-refractivity contribution < 1.29 is 4.79 Å². The average molecular weight is 234 g/mol. The second kappa shape index (κ2) is 5.12. The molecule has 1 amide bonds. The third kappa shape index (κ3) is 2.72. The summed E-state index contributed by atoms with van der Waals surface area (Å²) in [5.41, 5.74) is 0.975. The molecule has 0 aromatic carbocycles. The first-order valence-electron chi connectivity index (χ1n) is 5.96. The summed E-state index contributed by atoms with van der Waals surface area (Å²) in [6, 6.07) is 0. The molecule has 2 rings (SSSR count). The number of carbonyl (C=O) groups is 1. The average Bonchev–Trinajstić information content (AvgIpc) is 2.39. The van der Waals surface area contributed by atoms with Crippen LogP contribution in [0.25, 0.3) is 0 Å². The van der Waals surface area contributed by atoms with Gasteiger partial charge < -0.3 is 10.2 Å². The molecule has 92 valence electrons. The fraction of sp³-hybridized carbons (Fsp3) is 0.583. The van der Waals surface area contributed by atoms with Crippen LogP contribution in [0.3, 0.4) is 0 Å². The Morgan fingerprint density at radius 3 is 3.06 bits per heavy atom. The molecule has 1 aromatic rings. The molecule has 0 radical (unpaired) electrons. The Labute approximate surface area is 101 Å². The van der Waals surface area contributed by atoms with E-state index in [0.717, 1.165) is 37.4 Å². The first kappa shape index (κ1) is 11.8. The van der Waals surface area contributed by atoms with Crippen molar-refractivity contribution in [3.8, 4) is 0 Å². The first-order chi connectivity index (χ1) is 8.20. The molecule has 1 atom stereocenters. The molecule has 17 heavy (non-hydrogen) atoms. The minimum atomic E-state index is 0.146. The van der Waals surface area contributed by atoms with E-state index in [-0.39, 0.29) is 5.91 Å². The molecular formula is C12H18N4O. The van der Waals surface area contributed by atoms with Gasteiger partial charge in [0, 0.05) is 39.2 Å². The van der Waals surface area contributed by atoms with Gasteiger partial charge in [-0.1, -0.05) is 0 Å². The van der Waals surface area contributed by atoms with Crippen molar-refractivity contribution in [3.63, 3.8) is 0 Å². The summed E-state index contributed by atoms with van der Waals surface area (Å²) in [6.45, 7) is 3.25. The van der Waals surface area contributed by atoms with Gasteiger partial charge in [0.2, 0.25) is 5.91 Å². The van der Waals surface area contributed by atoms with Gasteiger partial charge in [0.05, 0.1) is 11.9 Å². The monoisotopic (exact) mass is 234 g/mol. The van der Waals surface area contributed by atoms with Gasteiger partial charge in [0.25, 0.3) is 0 Å². The lowest BCUT2D eigenvalue weighted by molar-refractivity contribution is -0.130. The maximum atomic E-state index is 11.4. The number of carbonyl (C=O) groups excluding carboxylic acids is 1. The summed E-state index contributed by atoms with van der Waals surface area (Å²) < 4.78 is 0. The minimum absolute atomic E-state index is 0.146. The van der Waals surface area contributed by atoms with Crippen LogP contribution in [0.5, 0.6) is 0 Å². The summed E-state index contributed by atoms with van der Waals surface area (Å²) in [7, 11) is 1.83. The highest BCUT2D eigenvalue weighted by molar-refractivity contribution is 5.73. The van der Waals surface area contributed by atoms with Crippen LogP contribution in [0.1, 0.15) is 31.4 Å². The Morgan fingerprint density at radius 2 is 2.35 bits per heavy atom. The number of piperidine rings is 1. The highest BCUT2D eigenvalue weighted by Crippen LogP contribution is 2.25. The molecule has 1 aliphatic rings. The number of aromatic nitrogens is 2. The van der Waals surface area contributed by atoms with Crippen molar-refractivity contribution in [1.29, 1.82) is 0 Å². The standard InChI is InChI=1S/C12H18N4O/c1-9(17)16-5-3-4-10(8-16)11-6-14-7-12(13-2)15-11/h6-7,10H,3-5,8H2,1-2H3,(H,13,15)/t10-/m0/s1. The topological polar surface area (TPSA) is 58.1 Å². The van der Waals surface area contributed by atoms with Crippen molar-refractivity contribution in [2.24, 2.45) is 0 Å². The van der Waals surface area contributed by atoms with Gasteiger partial charge in [-0.05, 0) is 12.8 Å². The van der Waals surface area contributed by atoms with Gasteiger partial charge in [-0.25, -0.2) is 4.98 Å². The largest absolute Gasteiger partial charge is 0.372 e. The van der Waals surface area contributed by atoms with E-state index in [2.05, 4.69) is 15.3 Å². The van der Waals surface area contributed by atoms with Crippen LogP contribution in [0, 0.1) is 0 Å². The number of hydrogen-bond donors (Lipinski definition) is 1. The van der Waals surface area contributed by atoms with Crippen molar-refractivity contribution in [2.75, 3.05) is 25.5 Å². The summed E-state index contributed by atoms with van der Waals surface area (Å²) in [5.74, 6) is 1.24. The van der Waals surface area contributed by atoms with Crippen LogP contribution in [0.15, 0.2) is 12.4 Å². The van der Waals surface area contributed by atoms with Crippen LogP contribution in [0.4, 0.5) is 5.82 Å². The van der Waals surface area contributed by atoms with Crippen molar-refractivity contribution in [2.45, 2.75) is 25.7 Å². The van der Waals surface area contributed by atoms with Gasteiger partial charge >= 0.3 is 0 Å². The zero-order valence-corrected chi connectivity index (χ0v) is 10.3. The van der Waals surface area contributed by atoms with Crippen LogP contribution in [-0.4, -0.2) is 40.9 Å². The fourth-order valence-electron chi connectivity index (χ4n) is 2.20. The van der Waals surface area contributed by atoms with Gasteiger partial charge in [0.1, 0.15) is 5.82 Å². The Bertz CT molecular complexity index is 407. The lowest BCUT2D eigenvalue weighted by Gasteiger charge is -2.31. The molecule has 0 aliphatic carbocycles. The Hall–Kier alpha value is -1.65. The number of rotatable bonds is 2. The highest BCUT2D eigenvalue weighted by Gasteiger charge is 2.24. The minimum Gasteiger partial charge on any atom is -0.372 e. The van der Waals surface area contributed by atoms with Crippen molar-refractivity contribution in [1.82, 2.24) is 14.9 Å². The molecule has 1 N–H and O–H groups in total. The zero-order valence-electron chi connectivity index (χ0n) is 10.3. The van der Waals surface area contributed by atoms with Gasteiger partial charge in [-0.15, -0.1) is 0 Å². The molecule has 0 bridgehead atoms. The van der Waals surface area contributed by atoms with Crippen molar-refractivity contribution in [3.05, 3.63) is 18.1 Å².